The number of aldehydes is 1. The molecular weight excluding hydrogens is 725 g/mol. The fraction of sp³-hybridized carbons (Fsp3) is 0.595. The van der Waals surface area contributed by atoms with E-state index in [0.717, 1.165) is 29.2 Å². The zero-order valence-corrected chi connectivity index (χ0v) is 33.9. The second-order valence-corrected chi connectivity index (χ2v) is 16.2. The third-order valence-corrected chi connectivity index (χ3v) is 9.64. The normalized spacial score (nSPS) is 17.4. The SMILES string of the molecule is C[C@@H](O[C@@H](C1CC1)[C@@H](C=O)N(C)C(=O)[C@@H](Cc1ccc(N2CCOCC2)cc1)OC(=O)C(CC(C)(C)F)N(C)C(=O)OC(C)(C)C)C(=O)OCc1ccccc1. The van der Waals surface area contributed by atoms with Crippen LogP contribution in [0.3, 0.4) is 0 Å². The van der Waals surface area contributed by atoms with Gasteiger partial charge >= 0.3 is 18.0 Å². The highest BCUT2D eigenvalue weighted by atomic mass is 19.1. The molecular formula is C42H58FN3O10. The van der Waals surface area contributed by atoms with Crippen molar-refractivity contribution in [3.8, 4) is 0 Å². The number of alkyl halides is 1. The van der Waals surface area contributed by atoms with E-state index in [0.29, 0.717) is 37.9 Å². The van der Waals surface area contributed by atoms with E-state index in [-0.39, 0.29) is 18.9 Å². The van der Waals surface area contributed by atoms with E-state index >= 15 is 4.39 Å². The molecule has 0 aromatic heterocycles. The molecule has 4 rings (SSSR count). The first-order valence-corrected chi connectivity index (χ1v) is 19.2. The standard InChI is InChI=1S/C42H58FN3O10/c1-28(38(49)53-27-30-12-10-9-11-13-30)54-36(31-16-17-31)34(26-47)44(7)37(48)35(24-29-14-18-32(19-15-29)46-20-22-52-23-21-46)55-39(50)33(25-42(5,6)43)45(8)40(51)56-41(2,3)4/h9-15,18-19,26,28,31,33-36H,16-17,20-25,27H2,1-8H3/t28-,33?,34-,35-,36+/m1/s1. The number of morpholine rings is 1. The van der Waals surface area contributed by atoms with E-state index in [1.165, 1.54) is 39.8 Å². The maximum Gasteiger partial charge on any atom is 0.410 e. The van der Waals surface area contributed by atoms with Crippen LogP contribution in [-0.4, -0.2) is 122 Å². The molecule has 56 heavy (non-hydrogen) atoms. The number of ether oxygens (including phenoxy) is 5. The fourth-order valence-corrected chi connectivity index (χ4v) is 6.37. The summed E-state index contributed by atoms with van der Waals surface area (Å²) >= 11 is 0. The molecule has 5 atom stereocenters. The van der Waals surface area contributed by atoms with Crippen molar-refractivity contribution >= 4 is 35.9 Å². The lowest BCUT2D eigenvalue weighted by Crippen LogP contribution is -2.54. The van der Waals surface area contributed by atoms with Gasteiger partial charge in [0.25, 0.3) is 5.91 Å². The van der Waals surface area contributed by atoms with Gasteiger partial charge in [-0.25, -0.2) is 18.8 Å². The largest absolute Gasteiger partial charge is 0.459 e. The van der Waals surface area contributed by atoms with Crippen LogP contribution < -0.4 is 4.90 Å². The molecule has 308 valence electrons. The van der Waals surface area contributed by atoms with Gasteiger partial charge in [0.2, 0.25) is 0 Å². The van der Waals surface area contributed by atoms with E-state index in [2.05, 4.69) is 4.90 Å². The molecule has 1 aliphatic heterocycles. The molecule has 2 aliphatic rings. The number of halogens is 1. The first kappa shape index (κ1) is 44.2. The highest BCUT2D eigenvalue weighted by molar-refractivity contribution is 5.88. The van der Waals surface area contributed by atoms with Crippen molar-refractivity contribution in [3.05, 3.63) is 65.7 Å². The van der Waals surface area contributed by atoms with Gasteiger partial charge in [0.15, 0.2) is 12.2 Å². The summed E-state index contributed by atoms with van der Waals surface area (Å²) in [6.07, 6.45) is -2.79. The van der Waals surface area contributed by atoms with Crippen molar-refractivity contribution in [3.63, 3.8) is 0 Å². The minimum Gasteiger partial charge on any atom is -0.459 e. The first-order chi connectivity index (χ1) is 26.4. The van der Waals surface area contributed by atoms with Crippen molar-refractivity contribution in [1.29, 1.82) is 0 Å². The summed E-state index contributed by atoms with van der Waals surface area (Å²) in [7, 11) is 2.72. The molecule has 1 saturated carbocycles. The number of hydrogen-bond acceptors (Lipinski definition) is 11. The molecule has 1 aliphatic carbocycles. The monoisotopic (exact) mass is 783 g/mol. The number of hydrogen-bond donors (Lipinski definition) is 0. The summed E-state index contributed by atoms with van der Waals surface area (Å²) in [5, 5.41) is 0. The molecule has 2 aromatic rings. The Morgan fingerprint density at radius 1 is 0.911 bits per heavy atom. The van der Waals surface area contributed by atoms with Crippen molar-refractivity contribution in [1.82, 2.24) is 9.80 Å². The van der Waals surface area contributed by atoms with Crippen molar-refractivity contribution in [2.24, 2.45) is 5.92 Å². The van der Waals surface area contributed by atoms with Gasteiger partial charge in [-0.3, -0.25) is 9.69 Å². The Morgan fingerprint density at radius 2 is 1.54 bits per heavy atom. The van der Waals surface area contributed by atoms with Crippen molar-refractivity contribution in [2.45, 2.75) is 115 Å². The predicted octanol–water partition coefficient (Wildman–Crippen LogP) is 5.30. The second-order valence-electron chi connectivity index (χ2n) is 16.2. The quantitative estimate of drug-likeness (QED) is 0.111. The molecule has 14 heteroatoms. The van der Waals surface area contributed by atoms with Gasteiger partial charge in [0, 0.05) is 45.7 Å². The first-order valence-electron chi connectivity index (χ1n) is 19.2. The van der Waals surface area contributed by atoms with Crippen LogP contribution in [0.1, 0.15) is 71.9 Å². The molecule has 0 spiro atoms. The van der Waals surface area contributed by atoms with Gasteiger partial charge in [0.05, 0.1) is 19.3 Å². The number of anilines is 1. The lowest BCUT2D eigenvalue weighted by molar-refractivity contribution is -0.171. The van der Waals surface area contributed by atoms with Gasteiger partial charge in [-0.1, -0.05) is 42.5 Å². The minimum absolute atomic E-state index is 0.0428. The molecule has 1 saturated heterocycles. The lowest BCUT2D eigenvalue weighted by atomic mass is 9.99. The molecule has 0 N–H and O–H groups in total. The Morgan fingerprint density at radius 3 is 2.09 bits per heavy atom. The van der Waals surface area contributed by atoms with Crippen LogP contribution >= 0.6 is 0 Å². The average Bonchev–Trinajstić information content (AvgIpc) is 4.00. The van der Waals surface area contributed by atoms with Crippen LogP contribution in [0.15, 0.2) is 54.6 Å². The summed E-state index contributed by atoms with van der Waals surface area (Å²) in [6, 6.07) is 14.0. The van der Waals surface area contributed by atoms with Crippen LogP contribution in [-0.2, 0) is 55.9 Å². The summed E-state index contributed by atoms with van der Waals surface area (Å²) in [5.74, 6) is -2.48. The average molecular weight is 784 g/mol. The van der Waals surface area contributed by atoms with Gasteiger partial charge in [-0.15, -0.1) is 0 Å². The van der Waals surface area contributed by atoms with E-state index in [1.807, 2.05) is 54.6 Å². The lowest BCUT2D eigenvalue weighted by Gasteiger charge is -2.35. The Hall–Kier alpha value is -4.56. The molecule has 2 amide bonds. The Labute approximate surface area is 329 Å². The maximum atomic E-state index is 15.2. The second kappa shape index (κ2) is 19.5. The molecule has 1 unspecified atom stereocenters. The molecule has 13 nitrogen and oxygen atoms in total. The predicted molar refractivity (Wildman–Crippen MR) is 207 cm³/mol. The molecule has 1 heterocycles. The van der Waals surface area contributed by atoms with Gasteiger partial charge in [-0.2, -0.15) is 0 Å². The topological polar surface area (TPSA) is 141 Å². The fourth-order valence-electron chi connectivity index (χ4n) is 6.37. The van der Waals surface area contributed by atoms with E-state index < -0.39 is 72.0 Å². The number of carbonyl (C=O) groups excluding carboxylic acids is 5. The summed E-state index contributed by atoms with van der Waals surface area (Å²) in [5.41, 5.74) is -0.410. The van der Waals surface area contributed by atoms with Crippen LogP contribution in [0.5, 0.6) is 0 Å². The Bertz CT molecular complexity index is 1620. The van der Waals surface area contributed by atoms with E-state index in [9.17, 15) is 24.0 Å². The number of benzene rings is 2. The van der Waals surface area contributed by atoms with Crippen LogP contribution in [0, 0.1) is 5.92 Å². The van der Waals surface area contributed by atoms with Gasteiger partial charge in [0.1, 0.15) is 36.2 Å². The number of esters is 2. The summed E-state index contributed by atoms with van der Waals surface area (Å²) in [4.78, 5) is 71.7. The third-order valence-electron chi connectivity index (χ3n) is 9.64. The Kier molecular flexibility index (Phi) is 15.4. The number of carbonyl (C=O) groups is 5. The number of nitrogens with zero attached hydrogens (tertiary/aromatic N) is 3. The molecule has 2 aromatic carbocycles. The highest BCUT2D eigenvalue weighted by Gasteiger charge is 2.45. The molecule has 2 fully saturated rings. The number of likely N-dealkylation sites (N-methyl/N-ethyl adjacent to an activating group) is 2. The van der Waals surface area contributed by atoms with Crippen LogP contribution in [0.25, 0.3) is 0 Å². The highest BCUT2D eigenvalue weighted by Crippen LogP contribution is 2.37. The summed E-state index contributed by atoms with van der Waals surface area (Å²) < 4.78 is 43.7. The smallest absolute Gasteiger partial charge is 0.410 e. The van der Waals surface area contributed by atoms with E-state index in [1.54, 1.807) is 20.8 Å². The summed E-state index contributed by atoms with van der Waals surface area (Å²) in [6.45, 7) is 11.8. The van der Waals surface area contributed by atoms with E-state index in [4.69, 9.17) is 23.7 Å². The molecule has 0 bridgehead atoms. The Balaban J connectivity index is 1.58. The number of rotatable bonds is 18. The van der Waals surface area contributed by atoms with Crippen LogP contribution in [0.4, 0.5) is 14.9 Å². The van der Waals surface area contributed by atoms with Crippen molar-refractivity contribution in [2.75, 3.05) is 45.3 Å². The minimum atomic E-state index is -1.91. The van der Waals surface area contributed by atoms with Gasteiger partial charge < -0.3 is 38.3 Å². The zero-order valence-electron chi connectivity index (χ0n) is 33.9. The zero-order chi connectivity index (χ0) is 41.2. The third kappa shape index (κ3) is 13.3. The van der Waals surface area contributed by atoms with Crippen molar-refractivity contribution < 1.29 is 52.0 Å². The molecule has 0 radical (unpaired) electrons. The van der Waals surface area contributed by atoms with Crippen LogP contribution in [0.2, 0.25) is 0 Å². The maximum absolute atomic E-state index is 15.2. The number of amides is 2. The van der Waals surface area contributed by atoms with Gasteiger partial charge in [-0.05, 0) is 83.6 Å².